The van der Waals surface area contributed by atoms with E-state index in [1.165, 1.54) is 11.9 Å². The highest BCUT2D eigenvalue weighted by atomic mass is 79.9. The summed E-state index contributed by atoms with van der Waals surface area (Å²) < 4.78 is 27.5. The van der Waals surface area contributed by atoms with Crippen LogP contribution in [0, 0.1) is 13.8 Å². The van der Waals surface area contributed by atoms with E-state index in [1.807, 2.05) is 68.4 Å². The Morgan fingerprint density at radius 3 is 2.16 bits per heavy atom. The molecule has 7 nitrogen and oxygen atoms in total. The molecule has 3 aromatic carbocycles. The molecule has 1 atom stereocenters. The predicted molar refractivity (Wildman–Crippen MR) is 151 cm³/mol. The maximum absolute atomic E-state index is 13.9. The Balaban J connectivity index is 2.03. The molecule has 0 aromatic heterocycles. The third kappa shape index (κ3) is 7.66. The summed E-state index contributed by atoms with van der Waals surface area (Å²) in [6, 6.07) is 21.4. The number of halogens is 1. The Labute approximate surface area is 227 Å². The fourth-order valence-corrected chi connectivity index (χ4v) is 5.10. The molecule has 0 aliphatic carbocycles. The van der Waals surface area contributed by atoms with Crippen molar-refractivity contribution in [2.45, 2.75) is 32.9 Å². The van der Waals surface area contributed by atoms with Crippen LogP contribution in [0.25, 0.3) is 0 Å². The molecule has 1 unspecified atom stereocenters. The Morgan fingerprint density at radius 2 is 1.59 bits per heavy atom. The lowest BCUT2D eigenvalue weighted by molar-refractivity contribution is -0.139. The molecule has 0 radical (unpaired) electrons. The van der Waals surface area contributed by atoms with Crippen LogP contribution >= 0.6 is 15.9 Å². The van der Waals surface area contributed by atoms with Crippen LogP contribution in [0.15, 0.2) is 77.3 Å². The normalized spacial score (nSPS) is 12.0. The van der Waals surface area contributed by atoms with Gasteiger partial charge in [-0.05, 0) is 48.7 Å². The highest BCUT2D eigenvalue weighted by molar-refractivity contribution is 9.10. The van der Waals surface area contributed by atoms with E-state index in [1.54, 1.807) is 18.2 Å². The fraction of sp³-hybridized carbons (Fsp3) is 0.286. The van der Waals surface area contributed by atoms with Crippen LogP contribution in [0.4, 0.5) is 5.69 Å². The van der Waals surface area contributed by atoms with E-state index < -0.39 is 28.5 Å². The number of aryl methyl sites for hydroxylation is 2. The van der Waals surface area contributed by atoms with Crippen molar-refractivity contribution < 1.29 is 18.0 Å². The molecule has 0 aliphatic rings. The zero-order chi connectivity index (χ0) is 27.2. The number of carbonyl (C=O) groups excluding carboxylic acids is 2. The zero-order valence-corrected chi connectivity index (χ0v) is 23.8. The number of likely N-dealkylation sites (N-methyl/N-ethyl adjacent to an activating group) is 1. The second-order valence-electron chi connectivity index (χ2n) is 9.03. The van der Waals surface area contributed by atoms with Crippen molar-refractivity contribution in [3.63, 3.8) is 0 Å². The minimum absolute atomic E-state index is 0.154. The lowest BCUT2D eigenvalue weighted by Gasteiger charge is -2.33. The quantitative estimate of drug-likeness (QED) is 0.386. The molecule has 0 heterocycles. The Bertz CT molecular complexity index is 1350. The molecule has 1 N–H and O–H groups in total. The van der Waals surface area contributed by atoms with Gasteiger partial charge in [-0.3, -0.25) is 13.9 Å². The van der Waals surface area contributed by atoms with Crippen molar-refractivity contribution in [1.82, 2.24) is 10.2 Å². The molecule has 0 saturated heterocycles. The van der Waals surface area contributed by atoms with Gasteiger partial charge in [0.2, 0.25) is 21.8 Å². The van der Waals surface area contributed by atoms with Crippen molar-refractivity contribution in [1.29, 1.82) is 0 Å². The number of amides is 2. The average molecular weight is 587 g/mol. The topological polar surface area (TPSA) is 86.8 Å². The van der Waals surface area contributed by atoms with Gasteiger partial charge < -0.3 is 10.2 Å². The molecule has 196 valence electrons. The summed E-state index contributed by atoms with van der Waals surface area (Å²) in [6.45, 7) is 3.54. The van der Waals surface area contributed by atoms with Crippen molar-refractivity contribution in [2.75, 3.05) is 24.2 Å². The first-order valence-electron chi connectivity index (χ1n) is 11.8. The first-order valence-corrected chi connectivity index (χ1v) is 14.5. The van der Waals surface area contributed by atoms with E-state index in [4.69, 9.17) is 0 Å². The van der Waals surface area contributed by atoms with Crippen molar-refractivity contribution in [2.24, 2.45) is 0 Å². The first kappa shape index (κ1) is 28.4. The van der Waals surface area contributed by atoms with Crippen LogP contribution in [-0.4, -0.2) is 51.0 Å². The van der Waals surface area contributed by atoms with E-state index in [2.05, 4.69) is 21.2 Å². The van der Waals surface area contributed by atoms with Crippen molar-refractivity contribution >= 4 is 43.5 Å². The van der Waals surface area contributed by atoms with Crippen molar-refractivity contribution in [3.8, 4) is 0 Å². The Hall–Kier alpha value is -3.17. The summed E-state index contributed by atoms with van der Waals surface area (Å²) in [5.41, 5.74) is 4.02. The SMILES string of the molecule is CNC(=O)C(Cc1ccccc1)N(Cc1ccc(C)cc1)C(=O)CN(c1ccc(Br)c(C)c1)S(C)(=O)=O. The van der Waals surface area contributed by atoms with Crippen LogP contribution in [0.3, 0.4) is 0 Å². The predicted octanol–water partition coefficient (Wildman–Crippen LogP) is 4.22. The molecule has 0 saturated carbocycles. The van der Waals surface area contributed by atoms with Crippen LogP contribution in [-0.2, 0) is 32.6 Å². The summed E-state index contributed by atoms with van der Waals surface area (Å²) in [7, 11) is -2.27. The molecule has 3 aromatic rings. The number of nitrogens with zero attached hydrogens (tertiary/aromatic N) is 2. The monoisotopic (exact) mass is 585 g/mol. The largest absolute Gasteiger partial charge is 0.357 e. The first-order chi connectivity index (χ1) is 17.5. The third-order valence-corrected chi connectivity index (χ3v) is 8.13. The average Bonchev–Trinajstić information content (AvgIpc) is 2.87. The molecule has 3 rings (SSSR count). The molecular formula is C28H32BrN3O4S. The number of rotatable bonds is 10. The molecule has 0 aliphatic heterocycles. The highest BCUT2D eigenvalue weighted by Crippen LogP contribution is 2.25. The van der Waals surface area contributed by atoms with Crippen LogP contribution < -0.4 is 9.62 Å². The minimum atomic E-state index is -3.80. The van der Waals surface area contributed by atoms with E-state index in [-0.39, 0.29) is 18.9 Å². The number of hydrogen-bond donors (Lipinski definition) is 1. The number of benzene rings is 3. The summed E-state index contributed by atoms with van der Waals surface area (Å²) in [6.07, 6.45) is 1.36. The van der Waals surface area contributed by atoms with Gasteiger partial charge in [-0.25, -0.2) is 8.42 Å². The summed E-state index contributed by atoms with van der Waals surface area (Å²) in [4.78, 5) is 28.5. The van der Waals surface area contributed by atoms with Crippen molar-refractivity contribution in [3.05, 3.63) is 99.5 Å². The van der Waals surface area contributed by atoms with E-state index in [9.17, 15) is 18.0 Å². The van der Waals surface area contributed by atoms with Gasteiger partial charge in [-0.15, -0.1) is 0 Å². The van der Waals surface area contributed by atoms with Gasteiger partial charge in [0.25, 0.3) is 0 Å². The smallest absolute Gasteiger partial charge is 0.244 e. The Kier molecular flexibility index (Phi) is 9.50. The van der Waals surface area contributed by atoms with Gasteiger partial charge in [-0.2, -0.15) is 0 Å². The summed E-state index contributed by atoms with van der Waals surface area (Å²) in [5.74, 6) is -0.800. The molecule has 0 spiro atoms. The molecular weight excluding hydrogens is 554 g/mol. The molecule has 37 heavy (non-hydrogen) atoms. The van der Waals surface area contributed by atoms with Crippen LogP contribution in [0.2, 0.25) is 0 Å². The maximum Gasteiger partial charge on any atom is 0.244 e. The lowest BCUT2D eigenvalue weighted by Crippen LogP contribution is -2.52. The second kappa shape index (κ2) is 12.4. The standard InChI is InChI=1S/C28H32BrN3O4S/c1-20-10-12-23(13-11-20)18-31(26(28(34)30-3)17-22-8-6-5-7-9-22)27(33)19-32(37(4,35)36)24-14-15-25(29)21(2)16-24/h5-16,26H,17-19H2,1-4H3,(H,30,34). The third-order valence-electron chi connectivity index (χ3n) is 6.10. The summed E-state index contributed by atoms with van der Waals surface area (Å²) >= 11 is 3.43. The van der Waals surface area contributed by atoms with Gasteiger partial charge in [-0.1, -0.05) is 76.1 Å². The lowest BCUT2D eigenvalue weighted by atomic mass is 10.0. The maximum atomic E-state index is 13.9. The van der Waals surface area contributed by atoms with E-state index in [0.717, 1.165) is 37.3 Å². The van der Waals surface area contributed by atoms with Crippen LogP contribution in [0.1, 0.15) is 22.3 Å². The molecule has 9 heteroatoms. The molecule has 0 bridgehead atoms. The van der Waals surface area contributed by atoms with Gasteiger partial charge in [0.05, 0.1) is 11.9 Å². The number of sulfonamides is 1. The van der Waals surface area contributed by atoms with Gasteiger partial charge in [0, 0.05) is 24.5 Å². The fourth-order valence-electron chi connectivity index (χ4n) is 4.01. The van der Waals surface area contributed by atoms with Gasteiger partial charge in [0.15, 0.2) is 0 Å². The Morgan fingerprint density at radius 1 is 0.946 bits per heavy atom. The van der Waals surface area contributed by atoms with Gasteiger partial charge >= 0.3 is 0 Å². The number of carbonyl (C=O) groups is 2. The highest BCUT2D eigenvalue weighted by Gasteiger charge is 2.32. The number of hydrogen-bond acceptors (Lipinski definition) is 4. The molecule has 2 amide bonds. The van der Waals surface area contributed by atoms with E-state index >= 15 is 0 Å². The van der Waals surface area contributed by atoms with Gasteiger partial charge in [0.1, 0.15) is 12.6 Å². The van der Waals surface area contributed by atoms with Crippen LogP contribution in [0.5, 0.6) is 0 Å². The summed E-state index contributed by atoms with van der Waals surface area (Å²) in [5, 5.41) is 2.67. The zero-order valence-electron chi connectivity index (χ0n) is 21.4. The number of nitrogens with one attached hydrogen (secondary N) is 1. The minimum Gasteiger partial charge on any atom is -0.357 e. The number of anilines is 1. The van der Waals surface area contributed by atoms with E-state index in [0.29, 0.717) is 5.69 Å². The molecule has 0 fully saturated rings. The second-order valence-corrected chi connectivity index (χ2v) is 11.8.